The number of hydrogen-bond acceptors (Lipinski definition) is 5. The van der Waals surface area contributed by atoms with Crippen LogP contribution in [0.25, 0.3) is 0 Å². The topological polar surface area (TPSA) is 83.5 Å². The van der Waals surface area contributed by atoms with Crippen LogP contribution in [0.5, 0.6) is 5.75 Å². The maximum atomic E-state index is 11.8. The van der Waals surface area contributed by atoms with E-state index in [2.05, 4.69) is 15.6 Å². The van der Waals surface area contributed by atoms with Crippen molar-refractivity contribution in [1.82, 2.24) is 10.3 Å². The van der Waals surface area contributed by atoms with Crippen LogP contribution in [-0.2, 0) is 9.53 Å². The smallest absolute Gasteiger partial charge is 0.228 e. The van der Waals surface area contributed by atoms with Crippen molar-refractivity contribution in [2.45, 2.75) is 19.4 Å². The average Bonchev–Trinajstić information content (AvgIpc) is 2.35. The molecule has 1 amide bonds. The quantitative estimate of drug-likeness (QED) is 0.725. The fourth-order valence-electron chi connectivity index (χ4n) is 1.78. The van der Waals surface area contributed by atoms with Crippen molar-refractivity contribution < 1.29 is 14.6 Å². The third kappa shape index (κ3) is 3.41. The molecule has 6 nitrogen and oxygen atoms in total. The van der Waals surface area contributed by atoms with E-state index in [9.17, 15) is 9.90 Å². The van der Waals surface area contributed by atoms with Gasteiger partial charge < -0.3 is 20.5 Å². The maximum Gasteiger partial charge on any atom is 0.228 e. The van der Waals surface area contributed by atoms with Crippen molar-refractivity contribution >= 4 is 11.7 Å². The van der Waals surface area contributed by atoms with E-state index >= 15 is 0 Å². The highest BCUT2D eigenvalue weighted by Crippen LogP contribution is 2.20. The van der Waals surface area contributed by atoms with Crippen LogP contribution in [0.15, 0.2) is 12.1 Å². The zero-order chi connectivity index (χ0) is 13.0. The summed E-state index contributed by atoms with van der Waals surface area (Å²) in [5.41, 5.74) is 0.735. The Labute approximate surface area is 105 Å². The molecule has 2 heterocycles. The zero-order valence-corrected chi connectivity index (χ0v) is 10.3. The van der Waals surface area contributed by atoms with Gasteiger partial charge in [0, 0.05) is 18.8 Å². The number of aromatic hydroxyl groups is 1. The van der Waals surface area contributed by atoms with Crippen LogP contribution in [0.3, 0.4) is 0 Å². The number of carbonyl (C=O) groups excluding carboxylic acids is 1. The first-order valence-electron chi connectivity index (χ1n) is 5.94. The summed E-state index contributed by atoms with van der Waals surface area (Å²) >= 11 is 0. The number of carbonyl (C=O) groups is 1. The Morgan fingerprint density at radius 3 is 3.22 bits per heavy atom. The first-order valence-corrected chi connectivity index (χ1v) is 5.94. The summed E-state index contributed by atoms with van der Waals surface area (Å²) in [6, 6.07) is 3.19. The molecule has 0 aliphatic carbocycles. The monoisotopic (exact) mass is 251 g/mol. The number of rotatable bonds is 3. The van der Waals surface area contributed by atoms with Gasteiger partial charge in [0.1, 0.15) is 0 Å². The molecule has 0 saturated carbocycles. The normalized spacial score (nSPS) is 19.5. The second kappa shape index (κ2) is 5.79. The Bertz CT molecular complexity index is 431. The molecule has 1 aliphatic rings. The predicted octanol–water partition coefficient (Wildman–Crippen LogP) is 0.413. The van der Waals surface area contributed by atoms with Crippen molar-refractivity contribution in [2.75, 3.05) is 25.0 Å². The van der Waals surface area contributed by atoms with Gasteiger partial charge >= 0.3 is 0 Å². The number of hydrogen-bond donors (Lipinski definition) is 3. The van der Waals surface area contributed by atoms with Gasteiger partial charge in [-0.05, 0) is 19.1 Å². The number of ether oxygens (including phenoxy) is 1. The van der Waals surface area contributed by atoms with Gasteiger partial charge in [0.25, 0.3) is 0 Å². The molecule has 1 unspecified atom stereocenters. The standard InChI is InChI=1S/C12H17N3O3/c1-8-2-3-10(16)12(14-8)15-11(17)6-9-7-13-4-5-18-9/h2-3,9,13,16H,4-7H2,1H3,(H,14,15,17). The Hall–Kier alpha value is -1.66. The molecule has 0 spiro atoms. The number of nitrogens with one attached hydrogen (secondary N) is 2. The molecule has 18 heavy (non-hydrogen) atoms. The van der Waals surface area contributed by atoms with Gasteiger partial charge in [0.15, 0.2) is 11.6 Å². The minimum absolute atomic E-state index is 0.0309. The van der Waals surface area contributed by atoms with Crippen molar-refractivity contribution in [2.24, 2.45) is 0 Å². The Morgan fingerprint density at radius 1 is 1.67 bits per heavy atom. The second-order valence-corrected chi connectivity index (χ2v) is 4.27. The second-order valence-electron chi connectivity index (χ2n) is 4.27. The van der Waals surface area contributed by atoms with Crippen molar-refractivity contribution in [1.29, 1.82) is 0 Å². The van der Waals surface area contributed by atoms with E-state index in [1.807, 2.05) is 0 Å². The molecule has 1 saturated heterocycles. The fourth-order valence-corrected chi connectivity index (χ4v) is 1.78. The molecule has 0 bridgehead atoms. The van der Waals surface area contributed by atoms with Crippen molar-refractivity contribution in [3.63, 3.8) is 0 Å². The van der Waals surface area contributed by atoms with Gasteiger partial charge in [-0.2, -0.15) is 0 Å². The Morgan fingerprint density at radius 2 is 2.50 bits per heavy atom. The summed E-state index contributed by atoms with van der Waals surface area (Å²) in [7, 11) is 0. The van der Waals surface area contributed by atoms with Crippen LogP contribution < -0.4 is 10.6 Å². The largest absolute Gasteiger partial charge is 0.504 e. The van der Waals surface area contributed by atoms with E-state index in [1.165, 1.54) is 6.07 Å². The van der Waals surface area contributed by atoms with Gasteiger partial charge in [-0.3, -0.25) is 4.79 Å². The third-order valence-electron chi connectivity index (χ3n) is 2.69. The summed E-state index contributed by atoms with van der Waals surface area (Å²) in [5.74, 6) is -0.0440. The predicted molar refractivity (Wildman–Crippen MR) is 66.5 cm³/mol. The lowest BCUT2D eigenvalue weighted by atomic mass is 10.2. The molecule has 1 aromatic rings. The molecule has 1 aromatic heterocycles. The molecular weight excluding hydrogens is 234 g/mol. The van der Waals surface area contributed by atoms with E-state index in [4.69, 9.17) is 4.74 Å². The minimum atomic E-state index is -0.211. The van der Waals surface area contributed by atoms with E-state index in [-0.39, 0.29) is 30.0 Å². The van der Waals surface area contributed by atoms with Crippen LogP contribution >= 0.6 is 0 Å². The van der Waals surface area contributed by atoms with Gasteiger partial charge in [-0.1, -0.05) is 0 Å². The minimum Gasteiger partial charge on any atom is -0.504 e. The zero-order valence-electron chi connectivity index (χ0n) is 10.3. The lowest BCUT2D eigenvalue weighted by molar-refractivity contribution is -0.119. The third-order valence-corrected chi connectivity index (χ3v) is 2.69. The van der Waals surface area contributed by atoms with E-state index in [0.29, 0.717) is 13.2 Å². The van der Waals surface area contributed by atoms with Crippen LogP contribution in [-0.4, -0.2) is 41.8 Å². The van der Waals surface area contributed by atoms with E-state index < -0.39 is 0 Å². The van der Waals surface area contributed by atoms with Gasteiger partial charge in [0.05, 0.1) is 19.1 Å². The first-order chi connectivity index (χ1) is 8.65. The molecule has 1 atom stereocenters. The van der Waals surface area contributed by atoms with Crippen LogP contribution in [0.2, 0.25) is 0 Å². The number of anilines is 1. The molecule has 0 aromatic carbocycles. The number of amides is 1. The molecule has 98 valence electrons. The van der Waals surface area contributed by atoms with E-state index in [0.717, 1.165) is 12.2 Å². The van der Waals surface area contributed by atoms with Crippen molar-refractivity contribution in [3.05, 3.63) is 17.8 Å². The highest BCUT2D eigenvalue weighted by atomic mass is 16.5. The number of aromatic nitrogens is 1. The maximum absolute atomic E-state index is 11.8. The summed E-state index contributed by atoms with van der Waals surface area (Å²) < 4.78 is 5.43. The van der Waals surface area contributed by atoms with Gasteiger partial charge in [-0.25, -0.2) is 4.98 Å². The Balaban J connectivity index is 1.92. The van der Waals surface area contributed by atoms with Gasteiger partial charge in [0.2, 0.25) is 5.91 Å². The molecule has 0 radical (unpaired) electrons. The summed E-state index contributed by atoms with van der Waals surface area (Å²) in [5, 5.41) is 15.3. The fraction of sp³-hybridized carbons (Fsp3) is 0.500. The van der Waals surface area contributed by atoms with Crippen LogP contribution in [0.1, 0.15) is 12.1 Å². The number of morpholine rings is 1. The highest BCUT2D eigenvalue weighted by Gasteiger charge is 2.18. The van der Waals surface area contributed by atoms with Crippen LogP contribution in [0, 0.1) is 6.92 Å². The number of pyridine rings is 1. The highest BCUT2D eigenvalue weighted by molar-refractivity contribution is 5.91. The lowest BCUT2D eigenvalue weighted by Gasteiger charge is -2.23. The summed E-state index contributed by atoms with van der Waals surface area (Å²) in [4.78, 5) is 15.8. The molecular formula is C12H17N3O3. The van der Waals surface area contributed by atoms with E-state index in [1.54, 1.807) is 13.0 Å². The number of nitrogens with zero attached hydrogens (tertiary/aromatic N) is 1. The first kappa shape index (κ1) is 12.8. The average molecular weight is 251 g/mol. The molecule has 1 aliphatic heterocycles. The summed E-state index contributed by atoms with van der Waals surface area (Å²) in [6.45, 7) is 3.90. The molecule has 6 heteroatoms. The molecule has 2 rings (SSSR count). The summed E-state index contributed by atoms with van der Waals surface area (Å²) in [6.07, 6.45) is 0.132. The van der Waals surface area contributed by atoms with Gasteiger partial charge in [-0.15, -0.1) is 0 Å². The SMILES string of the molecule is Cc1ccc(O)c(NC(=O)CC2CNCCO2)n1. The van der Waals surface area contributed by atoms with Crippen molar-refractivity contribution in [3.8, 4) is 5.75 Å². The lowest BCUT2D eigenvalue weighted by Crippen LogP contribution is -2.40. The number of aryl methyl sites for hydroxylation is 1. The molecule has 1 fully saturated rings. The van der Waals surface area contributed by atoms with Crippen LogP contribution in [0.4, 0.5) is 5.82 Å². The Kier molecular flexibility index (Phi) is 4.11. The molecule has 3 N–H and O–H groups in total.